The van der Waals surface area contributed by atoms with Gasteiger partial charge < -0.3 is 14.8 Å². The maximum Gasteiger partial charge on any atom is 0.331 e. The summed E-state index contributed by atoms with van der Waals surface area (Å²) in [6.45, 7) is 1.38. The predicted octanol–water partition coefficient (Wildman–Crippen LogP) is 3.19. The summed E-state index contributed by atoms with van der Waals surface area (Å²) >= 11 is 0. The number of rotatable bonds is 7. The summed E-state index contributed by atoms with van der Waals surface area (Å²) in [6.07, 6.45) is 1.60. The molecule has 8 heteroatoms. The Kier molecular flexibility index (Phi) is 6.65. The Labute approximate surface area is 155 Å². The van der Waals surface area contributed by atoms with E-state index >= 15 is 0 Å². The molecule has 140 valence electrons. The molecule has 1 atom stereocenters. The Morgan fingerprint density at radius 1 is 1.15 bits per heavy atom. The zero-order valence-corrected chi connectivity index (χ0v) is 14.7. The third-order valence-corrected chi connectivity index (χ3v) is 3.55. The van der Waals surface area contributed by atoms with Crippen molar-refractivity contribution >= 4 is 29.3 Å². The van der Waals surface area contributed by atoms with Crippen LogP contribution in [-0.4, -0.2) is 30.0 Å². The lowest BCUT2D eigenvalue weighted by Crippen LogP contribution is -2.29. The molecule has 0 aliphatic rings. The van der Waals surface area contributed by atoms with Crippen LogP contribution in [0, 0.1) is 10.1 Å². The summed E-state index contributed by atoms with van der Waals surface area (Å²) in [7, 11) is 1.55. The number of nitrogens with zero attached hydrogens (tertiary/aromatic N) is 1. The van der Waals surface area contributed by atoms with E-state index in [1.165, 1.54) is 37.3 Å². The van der Waals surface area contributed by atoms with Crippen LogP contribution >= 0.6 is 0 Å². The minimum atomic E-state index is -1.13. The van der Waals surface area contributed by atoms with E-state index in [2.05, 4.69) is 5.32 Å². The molecule has 1 N–H and O–H groups in total. The first-order valence-electron chi connectivity index (χ1n) is 7.97. The van der Waals surface area contributed by atoms with Gasteiger partial charge in [0.1, 0.15) is 11.4 Å². The normalized spacial score (nSPS) is 11.6. The van der Waals surface area contributed by atoms with Gasteiger partial charge in [0.25, 0.3) is 11.6 Å². The number of para-hydroxylation sites is 2. The standard InChI is InChI=1S/C19H18N2O6/c1-13(19(23)20-16-5-3-4-6-17(16)21(24)25)27-18(22)12-9-14-7-10-15(26-2)11-8-14/h3-13H,1-2H3,(H,20,23)/b12-9+/t13-/m0/s1. The van der Waals surface area contributed by atoms with Crippen LogP contribution in [0.1, 0.15) is 12.5 Å². The van der Waals surface area contributed by atoms with Crippen LogP contribution in [0.5, 0.6) is 5.75 Å². The molecule has 0 saturated carbocycles. The highest BCUT2D eigenvalue weighted by atomic mass is 16.6. The van der Waals surface area contributed by atoms with Gasteiger partial charge in [0.05, 0.1) is 12.0 Å². The summed E-state index contributed by atoms with van der Waals surface area (Å²) in [4.78, 5) is 34.3. The number of hydrogen-bond donors (Lipinski definition) is 1. The minimum Gasteiger partial charge on any atom is -0.497 e. The van der Waals surface area contributed by atoms with Crippen molar-refractivity contribution < 1.29 is 24.0 Å². The second-order valence-electron chi connectivity index (χ2n) is 5.45. The number of benzene rings is 2. The monoisotopic (exact) mass is 370 g/mol. The summed E-state index contributed by atoms with van der Waals surface area (Å²) in [5.41, 5.74) is 0.540. The fourth-order valence-corrected chi connectivity index (χ4v) is 2.12. The van der Waals surface area contributed by atoms with Crippen molar-refractivity contribution in [1.82, 2.24) is 0 Å². The van der Waals surface area contributed by atoms with Crippen LogP contribution in [-0.2, 0) is 14.3 Å². The van der Waals surface area contributed by atoms with Crippen LogP contribution < -0.4 is 10.1 Å². The molecule has 0 aromatic heterocycles. The van der Waals surface area contributed by atoms with Gasteiger partial charge in [-0.15, -0.1) is 0 Å². The Bertz CT molecular complexity index is 861. The molecule has 8 nitrogen and oxygen atoms in total. The highest BCUT2D eigenvalue weighted by Crippen LogP contribution is 2.23. The molecule has 0 spiro atoms. The van der Waals surface area contributed by atoms with Gasteiger partial charge >= 0.3 is 5.97 Å². The van der Waals surface area contributed by atoms with Crippen LogP contribution in [0.4, 0.5) is 11.4 Å². The van der Waals surface area contributed by atoms with Gasteiger partial charge in [-0.25, -0.2) is 4.79 Å². The second-order valence-corrected chi connectivity index (χ2v) is 5.45. The molecular formula is C19H18N2O6. The molecule has 0 aliphatic carbocycles. The van der Waals surface area contributed by atoms with E-state index in [0.29, 0.717) is 5.75 Å². The number of carbonyl (C=O) groups is 2. The van der Waals surface area contributed by atoms with Crippen molar-refractivity contribution in [2.24, 2.45) is 0 Å². The summed E-state index contributed by atoms with van der Waals surface area (Å²) in [5, 5.41) is 13.4. The van der Waals surface area contributed by atoms with E-state index in [-0.39, 0.29) is 11.4 Å². The van der Waals surface area contributed by atoms with Gasteiger partial charge in [-0.05, 0) is 36.8 Å². The number of esters is 1. The zero-order valence-electron chi connectivity index (χ0n) is 14.7. The van der Waals surface area contributed by atoms with Crippen LogP contribution in [0.2, 0.25) is 0 Å². The predicted molar refractivity (Wildman–Crippen MR) is 99.3 cm³/mol. The number of nitro benzene ring substituents is 1. The fourth-order valence-electron chi connectivity index (χ4n) is 2.12. The third kappa shape index (κ3) is 5.67. The molecule has 0 saturated heterocycles. The van der Waals surface area contributed by atoms with Gasteiger partial charge in [0, 0.05) is 12.1 Å². The summed E-state index contributed by atoms with van der Waals surface area (Å²) in [5.74, 6) is -0.693. The van der Waals surface area contributed by atoms with Crippen molar-refractivity contribution in [3.8, 4) is 5.75 Å². The average Bonchev–Trinajstić information content (AvgIpc) is 2.67. The molecule has 0 aliphatic heterocycles. The lowest BCUT2D eigenvalue weighted by Gasteiger charge is -2.12. The smallest absolute Gasteiger partial charge is 0.331 e. The van der Waals surface area contributed by atoms with E-state index in [1.54, 1.807) is 37.4 Å². The Morgan fingerprint density at radius 2 is 1.81 bits per heavy atom. The number of anilines is 1. The largest absolute Gasteiger partial charge is 0.497 e. The first-order valence-corrected chi connectivity index (χ1v) is 7.97. The Morgan fingerprint density at radius 3 is 2.44 bits per heavy atom. The molecule has 2 aromatic carbocycles. The average molecular weight is 370 g/mol. The van der Waals surface area contributed by atoms with Gasteiger partial charge in [0.15, 0.2) is 6.10 Å². The Balaban J connectivity index is 1.94. The fraction of sp³-hybridized carbons (Fsp3) is 0.158. The highest BCUT2D eigenvalue weighted by molar-refractivity contribution is 5.98. The molecular weight excluding hydrogens is 352 g/mol. The number of nitro groups is 1. The van der Waals surface area contributed by atoms with Crippen molar-refractivity contribution in [1.29, 1.82) is 0 Å². The minimum absolute atomic E-state index is 0.0316. The third-order valence-electron chi connectivity index (χ3n) is 3.55. The van der Waals surface area contributed by atoms with Gasteiger partial charge in [-0.1, -0.05) is 24.3 Å². The first kappa shape index (κ1) is 19.6. The van der Waals surface area contributed by atoms with Crippen molar-refractivity contribution in [3.63, 3.8) is 0 Å². The van der Waals surface area contributed by atoms with Crippen molar-refractivity contribution in [2.75, 3.05) is 12.4 Å². The maximum absolute atomic E-state index is 12.1. The quantitative estimate of drug-likeness (QED) is 0.347. The summed E-state index contributed by atoms with van der Waals surface area (Å²) in [6, 6.07) is 12.7. The highest BCUT2D eigenvalue weighted by Gasteiger charge is 2.20. The number of ether oxygens (including phenoxy) is 2. The molecule has 1 amide bonds. The number of carbonyl (C=O) groups excluding carboxylic acids is 2. The topological polar surface area (TPSA) is 108 Å². The number of nitrogens with one attached hydrogen (secondary N) is 1. The molecule has 2 aromatic rings. The SMILES string of the molecule is COc1ccc(/C=C/C(=O)O[C@@H](C)C(=O)Nc2ccccc2[N+](=O)[O-])cc1. The van der Waals surface area contributed by atoms with E-state index in [4.69, 9.17) is 9.47 Å². The lowest BCUT2D eigenvalue weighted by atomic mass is 10.2. The molecule has 0 heterocycles. The molecule has 0 radical (unpaired) electrons. The number of hydrogen-bond acceptors (Lipinski definition) is 6. The number of methoxy groups -OCH3 is 1. The van der Waals surface area contributed by atoms with Crippen molar-refractivity contribution in [3.05, 3.63) is 70.3 Å². The van der Waals surface area contributed by atoms with Crippen molar-refractivity contribution in [2.45, 2.75) is 13.0 Å². The van der Waals surface area contributed by atoms with E-state index < -0.39 is 22.9 Å². The van der Waals surface area contributed by atoms with Crippen LogP contribution in [0.15, 0.2) is 54.6 Å². The van der Waals surface area contributed by atoms with E-state index in [0.717, 1.165) is 5.56 Å². The van der Waals surface area contributed by atoms with Crippen LogP contribution in [0.25, 0.3) is 6.08 Å². The van der Waals surface area contributed by atoms with E-state index in [9.17, 15) is 19.7 Å². The van der Waals surface area contributed by atoms with Gasteiger partial charge in [0.2, 0.25) is 0 Å². The number of amides is 1. The summed E-state index contributed by atoms with van der Waals surface area (Å²) < 4.78 is 10.1. The van der Waals surface area contributed by atoms with Gasteiger partial charge in [-0.2, -0.15) is 0 Å². The second kappa shape index (κ2) is 9.14. The Hall–Kier alpha value is -3.68. The lowest BCUT2D eigenvalue weighted by molar-refractivity contribution is -0.383. The first-order chi connectivity index (χ1) is 12.9. The maximum atomic E-state index is 12.1. The zero-order chi connectivity index (χ0) is 19.8. The molecule has 0 fully saturated rings. The van der Waals surface area contributed by atoms with E-state index in [1.807, 2.05) is 0 Å². The van der Waals surface area contributed by atoms with Gasteiger partial charge in [-0.3, -0.25) is 14.9 Å². The molecule has 0 bridgehead atoms. The molecule has 2 rings (SSSR count). The van der Waals surface area contributed by atoms with Crippen LogP contribution in [0.3, 0.4) is 0 Å². The molecule has 0 unspecified atom stereocenters. The molecule has 27 heavy (non-hydrogen) atoms.